The zero-order valence-corrected chi connectivity index (χ0v) is 19.4. The summed E-state index contributed by atoms with van der Waals surface area (Å²) in [5.41, 5.74) is 1.26. The molecule has 0 atom stereocenters. The minimum Gasteiger partial charge on any atom is -0.497 e. The molecule has 2 fully saturated rings. The number of furan rings is 1. The van der Waals surface area contributed by atoms with Crippen molar-refractivity contribution < 1.29 is 18.7 Å². The van der Waals surface area contributed by atoms with Crippen molar-refractivity contribution in [3.8, 4) is 5.75 Å². The molecular formula is C25H34N4O4. The van der Waals surface area contributed by atoms with Gasteiger partial charge in [0.05, 0.1) is 26.5 Å². The summed E-state index contributed by atoms with van der Waals surface area (Å²) < 4.78 is 10.5. The zero-order valence-electron chi connectivity index (χ0n) is 19.4. The van der Waals surface area contributed by atoms with Gasteiger partial charge in [0.2, 0.25) is 11.8 Å². The van der Waals surface area contributed by atoms with Gasteiger partial charge in [-0.1, -0.05) is 12.1 Å². The Bertz CT molecular complexity index is 884. The van der Waals surface area contributed by atoms with Crippen LogP contribution in [0, 0.1) is 5.92 Å². The lowest BCUT2D eigenvalue weighted by Gasteiger charge is -2.37. The molecule has 2 amide bonds. The number of nitrogens with one attached hydrogen (secondary N) is 1. The van der Waals surface area contributed by atoms with E-state index in [4.69, 9.17) is 9.15 Å². The molecule has 0 spiro atoms. The van der Waals surface area contributed by atoms with Gasteiger partial charge in [-0.25, -0.2) is 0 Å². The second-order valence-corrected chi connectivity index (χ2v) is 8.85. The smallest absolute Gasteiger partial charge is 0.236 e. The van der Waals surface area contributed by atoms with E-state index in [2.05, 4.69) is 27.2 Å². The van der Waals surface area contributed by atoms with Crippen LogP contribution in [0.15, 0.2) is 47.1 Å². The second kappa shape index (κ2) is 11.3. The molecule has 8 nitrogen and oxygen atoms in total. The monoisotopic (exact) mass is 454 g/mol. The Kier molecular flexibility index (Phi) is 8.01. The maximum atomic E-state index is 12.8. The van der Waals surface area contributed by atoms with Crippen molar-refractivity contribution in [3.63, 3.8) is 0 Å². The van der Waals surface area contributed by atoms with Crippen LogP contribution in [0.4, 0.5) is 0 Å². The van der Waals surface area contributed by atoms with Crippen LogP contribution in [0.2, 0.25) is 0 Å². The standard InChI is InChI=1S/C25H34N4O4/c1-32-22-6-4-20(5-7-22)18-28-12-14-29(15-13-28)24(30)19-27-10-8-21(9-11-27)25(31)26-17-23-3-2-16-33-23/h2-7,16,21H,8-15,17-19H2,1H3,(H,26,31). The molecule has 2 saturated heterocycles. The van der Waals surface area contributed by atoms with E-state index >= 15 is 0 Å². The van der Waals surface area contributed by atoms with Crippen molar-refractivity contribution in [3.05, 3.63) is 54.0 Å². The summed E-state index contributed by atoms with van der Waals surface area (Å²) >= 11 is 0. The molecule has 178 valence electrons. The van der Waals surface area contributed by atoms with Gasteiger partial charge in [0, 0.05) is 38.6 Å². The minimum atomic E-state index is 0.00723. The fraction of sp³-hybridized carbons (Fsp3) is 0.520. The number of hydrogen-bond donors (Lipinski definition) is 1. The molecule has 4 rings (SSSR count). The van der Waals surface area contributed by atoms with Crippen molar-refractivity contribution in [2.45, 2.75) is 25.9 Å². The Balaban J connectivity index is 1.13. The van der Waals surface area contributed by atoms with Crippen LogP contribution in [0.5, 0.6) is 5.75 Å². The van der Waals surface area contributed by atoms with E-state index in [1.807, 2.05) is 29.2 Å². The summed E-state index contributed by atoms with van der Waals surface area (Å²) in [6, 6.07) is 11.8. The van der Waals surface area contributed by atoms with Crippen molar-refractivity contribution in [1.82, 2.24) is 20.0 Å². The molecule has 2 aliphatic rings. The topological polar surface area (TPSA) is 78.3 Å². The van der Waals surface area contributed by atoms with Crippen LogP contribution in [0.3, 0.4) is 0 Å². The average Bonchev–Trinajstić information content (AvgIpc) is 3.38. The van der Waals surface area contributed by atoms with Crippen LogP contribution in [0.1, 0.15) is 24.2 Å². The normalized spacial score (nSPS) is 18.3. The lowest BCUT2D eigenvalue weighted by atomic mass is 9.96. The summed E-state index contributed by atoms with van der Waals surface area (Å²) in [5, 5.41) is 2.95. The highest BCUT2D eigenvalue weighted by Crippen LogP contribution is 2.18. The summed E-state index contributed by atoms with van der Waals surface area (Å²) in [6.07, 6.45) is 3.18. The van der Waals surface area contributed by atoms with Gasteiger partial charge in [-0.15, -0.1) is 0 Å². The number of hydrogen-bond acceptors (Lipinski definition) is 6. The van der Waals surface area contributed by atoms with Gasteiger partial charge in [-0.2, -0.15) is 0 Å². The maximum Gasteiger partial charge on any atom is 0.236 e. The summed E-state index contributed by atoms with van der Waals surface area (Å²) in [6.45, 7) is 6.62. The molecule has 0 radical (unpaired) electrons. The number of benzene rings is 1. The zero-order chi connectivity index (χ0) is 23.0. The predicted octanol–water partition coefficient (Wildman–Crippen LogP) is 1.96. The molecule has 2 aromatic rings. The summed E-state index contributed by atoms with van der Waals surface area (Å²) in [7, 11) is 1.67. The Labute approximate surface area is 195 Å². The molecule has 1 N–H and O–H groups in total. The number of piperazine rings is 1. The van der Waals surface area contributed by atoms with Gasteiger partial charge in [0.15, 0.2) is 0 Å². The van der Waals surface area contributed by atoms with Gasteiger partial charge < -0.3 is 19.4 Å². The van der Waals surface area contributed by atoms with Crippen LogP contribution in [-0.2, 0) is 22.7 Å². The summed E-state index contributed by atoms with van der Waals surface area (Å²) in [5.74, 6) is 1.90. The van der Waals surface area contributed by atoms with E-state index in [0.29, 0.717) is 13.1 Å². The lowest BCUT2D eigenvalue weighted by molar-refractivity contribution is -0.134. The van der Waals surface area contributed by atoms with Crippen molar-refractivity contribution in [1.29, 1.82) is 0 Å². The third kappa shape index (κ3) is 6.58. The molecule has 0 bridgehead atoms. The first-order valence-corrected chi connectivity index (χ1v) is 11.8. The molecule has 0 saturated carbocycles. The summed E-state index contributed by atoms with van der Waals surface area (Å²) in [4.78, 5) is 31.8. The molecule has 1 aromatic heterocycles. The number of likely N-dealkylation sites (tertiary alicyclic amines) is 1. The number of rotatable bonds is 8. The molecule has 8 heteroatoms. The largest absolute Gasteiger partial charge is 0.497 e. The van der Waals surface area contributed by atoms with Crippen LogP contribution < -0.4 is 10.1 Å². The van der Waals surface area contributed by atoms with Crippen molar-refractivity contribution in [2.75, 3.05) is 52.9 Å². The Morgan fingerprint density at radius 2 is 1.73 bits per heavy atom. The fourth-order valence-electron chi connectivity index (χ4n) is 4.52. The Morgan fingerprint density at radius 1 is 1.00 bits per heavy atom. The highest BCUT2D eigenvalue weighted by molar-refractivity contribution is 5.79. The first kappa shape index (κ1) is 23.3. The molecule has 2 aliphatic heterocycles. The minimum absolute atomic E-state index is 0.00723. The van der Waals surface area contributed by atoms with Gasteiger partial charge in [-0.05, 0) is 55.8 Å². The number of carbonyl (C=O) groups is 2. The van der Waals surface area contributed by atoms with Crippen LogP contribution in [-0.4, -0.2) is 79.4 Å². The molecule has 3 heterocycles. The highest BCUT2D eigenvalue weighted by atomic mass is 16.5. The average molecular weight is 455 g/mol. The third-order valence-electron chi connectivity index (χ3n) is 6.62. The van der Waals surface area contributed by atoms with E-state index in [0.717, 1.165) is 70.2 Å². The molecular weight excluding hydrogens is 420 g/mol. The van der Waals surface area contributed by atoms with E-state index in [1.54, 1.807) is 13.4 Å². The molecule has 0 aliphatic carbocycles. The quantitative estimate of drug-likeness (QED) is 0.657. The fourth-order valence-corrected chi connectivity index (χ4v) is 4.52. The molecule has 1 aromatic carbocycles. The number of ether oxygens (including phenoxy) is 1. The third-order valence-corrected chi connectivity index (χ3v) is 6.62. The van der Waals surface area contributed by atoms with E-state index in [9.17, 15) is 9.59 Å². The van der Waals surface area contributed by atoms with Crippen molar-refractivity contribution >= 4 is 11.8 Å². The molecule has 0 unspecified atom stereocenters. The number of methoxy groups -OCH3 is 1. The van der Waals surface area contributed by atoms with Crippen LogP contribution in [0.25, 0.3) is 0 Å². The first-order valence-electron chi connectivity index (χ1n) is 11.8. The van der Waals surface area contributed by atoms with E-state index in [1.165, 1.54) is 5.56 Å². The SMILES string of the molecule is COc1ccc(CN2CCN(C(=O)CN3CCC(C(=O)NCc4ccco4)CC3)CC2)cc1. The van der Waals surface area contributed by atoms with Gasteiger partial charge in [0.25, 0.3) is 0 Å². The highest BCUT2D eigenvalue weighted by Gasteiger charge is 2.28. The number of nitrogens with zero attached hydrogens (tertiary/aromatic N) is 3. The predicted molar refractivity (Wildman–Crippen MR) is 125 cm³/mol. The number of carbonyl (C=O) groups excluding carboxylic acids is 2. The second-order valence-electron chi connectivity index (χ2n) is 8.85. The maximum absolute atomic E-state index is 12.8. The van der Waals surface area contributed by atoms with Crippen LogP contribution >= 0.6 is 0 Å². The first-order chi connectivity index (χ1) is 16.1. The van der Waals surface area contributed by atoms with E-state index in [-0.39, 0.29) is 17.7 Å². The van der Waals surface area contributed by atoms with Crippen molar-refractivity contribution in [2.24, 2.45) is 5.92 Å². The lowest BCUT2D eigenvalue weighted by Crippen LogP contribution is -2.51. The van der Waals surface area contributed by atoms with Gasteiger partial charge in [-0.3, -0.25) is 19.4 Å². The number of piperidine rings is 1. The number of amides is 2. The van der Waals surface area contributed by atoms with E-state index < -0.39 is 0 Å². The Morgan fingerprint density at radius 3 is 2.36 bits per heavy atom. The van der Waals surface area contributed by atoms with Gasteiger partial charge >= 0.3 is 0 Å². The molecule has 33 heavy (non-hydrogen) atoms. The van der Waals surface area contributed by atoms with Gasteiger partial charge in [0.1, 0.15) is 11.5 Å². The Hall–Kier alpha value is -2.84.